The van der Waals surface area contributed by atoms with Gasteiger partial charge in [0.05, 0.1) is 5.92 Å². The van der Waals surface area contributed by atoms with Crippen LogP contribution in [0.5, 0.6) is 0 Å². The molecule has 0 bridgehead atoms. The number of ketones is 2. The standard InChI is InChI=1S/C23H38O2.C20H28O2.C20H32O2.C20H34.C18H30/c1-15(14-21(24)25)18-9-10-19-17-8-7-16-6-4-5-12-22(16,2)20(17)11-13-23(18,19)3;1-12(21)15-5-6-17-16(15)7-8-19-18(17)4-3-13-11-14(22)9-10-20(13,19)2;1-12(20(21)22)14-8-9-19-16(14)10-11-17-15-5-3-2-4-13(15)6-7-18(17)19;1-3-20-13-6-8-18(20)16-10-9-15-7-4-5-12-19(15,2)17(16)11-14-20;1-18-12-3-2-6-14(18)9-10-16-15-7-4-5-13(15)8-11-17(16)18/h15-20H,4-14H2,1-3H3,(H,24,25);11,15-19H,3-10H2,1-2H3;12-19H,2-11H2,1H3,(H,21,22);15-18H,3-14H2,1-2H3;13-17H,2-12H2,1H3/t15-,16+,17?,18-,19?,20?,22+,23-;15-,16-,17-,18+,19+,20+;12-,13-,14-,15+,16-,17-,18-,19-;15-,16-,17+,18+,19+,20+;13-,14+,15+,16-,17-,18-/m11110/s1. The summed E-state index contributed by atoms with van der Waals surface area (Å²) in [6.07, 6.45) is 75.8. The van der Waals surface area contributed by atoms with Gasteiger partial charge in [0.15, 0.2) is 5.78 Å². The first-order chi connectivity index (χ1) is 51.5. The van der Waals surface area contributed by atoms with Crippen molar-refractivity contribution in [2.24, 2.45) is 198 Å². The van der Waals surface area contributed by atoms with E-state index >= 15 is 0 Å². The average molecular weight is 1470 g/mol. The van der Waals surface area contributed by atoms with E-state index < -0.39 is 11.9 Å². The molecule has 0 aromatic heterocycles. The molecular weight excluding hydrogens is 1310 g/mol. The fourth-order valence-corrected chi connectivity index (χ4v) is 37.4. The molecular formula is C101H162O6. The Hall–Kier alpha value is -1.98. The highest BCUT2D eigenvalue weighted by atomic mass is 16.4. The predicted molar refractivity (Wildman–Crippen MR) is 437 cm³/mol. The Labute approximate surface area is 655 Å². The molecule has 6 nitrogen and oxygen atoms in total. The Morgan fingerprint density at radius 1 is 0.393 bits per heavy atom. The van der Waals surface area contributed by atoms with Gasteiger partial charge in [-0.2, -0.15) is 0 Å². The van der Waals surface area contributed by atoms with Crippen LogP contribution in [-0.4, -0.2) is 33.7 Å². The quantitative estimate of drug-likeness (QED) is 0.263. The van der Waals surface area contributed by atoms with Gasteiger partial charge < -0.3 is 10.2 Å². The van der Waals surface area contributed by atoms with Crippen LogP contribution in [0.25, 0.3) is 0 Å². The smallest absolute Gasteiger partial charge is 0.306 e. The lowest BCUT2D eigenvalue weighted by molar-refractivity contribution is -0.144. The van der Waals surface area contributed by atoms with E-state index in [1.807, 2.05) is 13.0 Å². The first kappa shape index (κ1) is 78.9. The van der Waals surface area contributed by atoms with Crippen LogP contribution in [0.3, 0.4) is 0 Å². The molecule has 20 aliphatic carbocycles. The molecule has 0 radical (unpaired) electrons. The highest BCUT2D eigenvalue weighted by molar-refractivity contribution is 5.91. The number of fused-ring (bicyclic) bond motifs is 25. The van der Waals surface area contributed by atoms with Crippen molar-refractivity contribution in [1.82, 2.24) is 0 Å². The predicted octanol–water partition coefficient (Wildman–Crippen LogP) is 27.1. The summed E-state index contributed by atoms with van der Waals surface area (Å²) in [7, 11) is 0. The summed E-state index contributed by atoms with van der Waals surface area (Å²) in [5.41, 5.74) is 5.04. The number of allylic oxidation sites excluding steroid dienone is 1. The Morgan fingerprint density at radius 3 is 1.54 bits per heavy atom. The zero-order valence-corrected chi connectivity index (χ0v) is 70.5. The molecule has 0 heterocycles. The van der Waals surface area contributed by atoms with Gasteiger partial charge in [0.1, 0.15) is 5.78 Å². The highest BCUT2D eigenvalue weighted by Crippen LogP contribution is 2.72. The van der Waals surface area contributed by atoms with Crippen molar-refractivity contribution in [3.63, 3.8) is 0 Å². The maximum atomic E-state index is 11.9. The summed E-state index contributed by atoms with van der Waals surface area (Å²) in [5, 5.41) is 18.7. The fourth-order valence-electron chi connectivity index (χ4n) is 37.4. The van der Waals surface area contributed by atoms with E-state index in [2.05, 4.69) is 48.5 Å². The number of hydrogen-bond acceptors (Lipinski definition) is 4. The summed E-state index contributed by atoms with van der Waals surface area (Å²) < 4.78 is 0. The van der Waals surface area contributed by atoms with Crippen molar-refractivity contribution in [2.45, 2.75) is 396 Å². The van der Waals surface area contributed by atoms with Gasteiger partial charge in [0.2, 0.25) is 0 Å². The number of carboxylic acid groups (broad SMARTS) is 2. The van der Waals surface area contributed by atoms with Gasteiger partial charge in [-0.15, -0.1) is 0 Å². The van der Waals surface area contributed by atoms with Crippen molar-refractivity contribution in [2.75, 3.05) is 0 Å². The zero-order chi connectivity index (χ0) is 74.5. The van der Waals surface area contributed by atoms with Crippen molar-refractivity contribution in [3.05, 3.63) is 11.6 Å². The molecule has 0 saturated heterocycles. The second-order valence-electron chi connectivity index (χ2n) is 45.4. The van der Waals surface area contributed by atoms with E-state index in [1.165, 1.54) is 192 Å². The van der Waals surface area contributed by atoms with Crippen LogP contribution in [0.15, 0.2) is 11.6 Å². The molecule has 0 amide bonds. The third kappa shape index (κ3) is 14.2. The number of rotatable bonds is 7. The van der Waals surface area contributed by atoms with Crippen LogP contribution in [-0.2, 0) is 19.2 Å². The number of aliphatic carboxylic acids is 2. The molecule has 19 saturated carbocycles. The van der Waals surface area contributed by atoms with Crippen molar-refractivity contribution in [1.29, 1.82) is 0 Å². The maximum Gasteiger partial charge on any atom is 0.306 e. The molecule has 0 aromatic rings. The van der Waals surface area contributed by atoms with E-state index in [9.17, 15) is 29.4 Å². The van der Waals surface area contributed by atoms with Crippen molar-refractivity contribution >= 4 is 23.5 Å². The second kappa shape index (κ2) is 31.9. The first-order valence-electron chi connectivity index (χ1n) is 48.7. The molecule has 2 N–H and O–H groups in total. The molecule has 0 aromatic carbocycles. The fraction of sp³-hybridized carbons (Fsp3) is 0.941. The van der Waals surface area contributed by atoms with E-state index in [4.69, 9.17) is 0 Å². The largest absolute Gasteiger partial charge is 0.481 e. The normalized spacial score (nSPS) is 51.1. The number of carbonyl (C=O) groups is 4. The van der Waals surface area contributed by atoms with Gasteiger partial charge in [-0.05, 0) is 437 Å². The van der Waals surface area contributed by atoms with Crippen LogP contribution < -0.4 is 0 Å². The second-order valence-corrected chi connectivity index (χ2v) is 45.4. The molecule has 20 rings (SSSR count). The summed E-state index contributed by atoms with van der Waals surface area (Å²) in [5.74, 6) is 23.7. The van der Waals surface area contributed by atoms with Gasteiger partial charge in [0, 0.05) is 18.8 Å². The van der Waals surface area contributed by atoms with Crippen molar-refractivity contribution in [3.8, 4) is 0 Å². The molecule has 3 unspecified atom stereocenters. The van der Waals surface area contributed by atoms with E-state index in [-0.39, 0.29) is 11.3 Å². The molecule has 20 aliphatic rings. The Balaban J connectivity index is 0.000000103. The Morgan fingerprint density at radius 2 is 0.879 bits per heavy atom. The molecule has 6 heteroatoms. The Kier molecular flexibility index (Phi) is 23.5. The SMILES string of the molecule is CC(=O)[C@H]1CC[C@@H]2[C@@H]1CC[C@H]1[C@H]2CCC2=CC(=O)CC[C@@]21C.CC[C@@]12CCC[C@H]1[C@@H]1CC[C@H]3CCCC[C@]3(C)[C@H]1CC2.C[C@@H](C(=O)O)[C@H]1CC[C@H]2[C@@H]3CC[C@H]4CCCC[C@@H]4[C@H]3CC[C@@H]21.C[C@H](CC(=O)O)[C@H]1CCC2C3CC[C@@H]4CCCC[C@]4(C)C3CC[C@@]21C.C[C@]12CCCC[C@@H]1CC[C@H]1[C@@H]3CCC[C@H]3CC[C@@H]12. The Bertz CT molecular complexity index is 3140. The van der Waals surface area contributed by atoms with Gasteiger partial charge in [-0.3, -0.25) is 19.2 Å². The lowest BCUT2D eigenvalue weighted by atomic mass is 9.44. The van der Waals surface area contributed by atoms with Gasteiger partial charge in [0.25, 0.3) is 0 Å². The van der Waals surface area contributed by atoms with Crippen LogP contribution in [0, 0.1) is 198 Å². The van der Waals surface area contributed by atoms with Gasteiger partial charge >= 0.3 is 11.9 Å². The summed E-state index contributed by atoms with van der Waals surface area (Å²) in [4.78, 5) is 46.4. The first-order valence-corrected chi connectivity index (χ1v) is 48.7. The zero-order valence-electron chi connectivity index (χ0n) is 70.5. The molecule has 107 heavy (non-hydrogen) atoms. The van der Waals surface area contributed by atoms with E-state index in [0.717, 1.165) is 172 Å². The van der Waals surface area contributed by atoms with Crippen LogP contribution in [0.1, 0.15) is 396 Å². The van der Waals surface area contributed by atoms with Crippen molar-refractivity contribution < 1.29 is 29.4 Å². The van der Waals surface area contributed by atoms with Crippen LogP contribution in [0.4, 0.5) is 0 Å². The number of carbonyl (C=O) groups excluding carboxylic acids is 2. The minimum Gasteiger partial charge on any atom is -0.481 e. The molecule has 602 valence electrons. The minimum atomic E-state index is -0.608. The van der Waals surface area contributed by atoms with Crippen LogP contribution in [0.2, 0.25) is 0 Å². The summed E-state index contributed by atoms with van der Waals surface area (Å²) >= 11 is 0. The molecule has 0 aliphatic heterocycles. The van der Waals surface area contributed by atoms with E-state index in [0.29, 0.717) is 58.4 Å². The van der Waals surface area contributed by atoms with Gasteiger partial charge in [-0.1, -0.05) is 144 Å². The summed E-state index contributed by atoms with van der Waals surface area (Å²) in [6.45, 7) is 21.5. The third-order valence-electron chi connectivity index (χ3n) is 42.5. The maximum absolute atomic E-state index is 11.9. The topological polar surface area (TPSA) is 109 Å². The highest BCUT2D eigenvalue weighted by Gasteiger charge is 2.63. The average Bonchev–Trinajstić information content (AvgIpc) is 1.67. The van der Waals surface area contributed by atoms with Gasteiger partial charge in [-0.25, -0.2) is 0 Å². The monoisotopic (exact) mass is 1470 g/mol. The minimum absolute atomic E-state index is 0.127. The lowest BCUT2D eigenvalue weighted by Gasteiger charge is -2.60. The van der Waals surface area contributed by atoms with E-state index in [1.54, 1.807) is 122 Å². The lowest BCUT2D eigenvalue weighted by Crippen LogP contribution is -2.53. The number of Topliss-reactive ketones (excluding diaryl/α,β-unsaturated/α-hetero) is 1. The van der Waals surface area contributed by atoms with Crippen LogP contribution >= 0.6 is 0 Å². The molecule has 19 fully saturated rings. The number of hydrogen-bond donors (Lipinski definition) is 2. The number of carboxylic acids is 2. The third-order valence-corrected chi connectivity index (χ3v) is 42.5. The summed E-state index contributed by atoms with van der Waals surface area (Å²) in [6, 6.07) is 0. The molecule has 34 atom stereocenters. The molecule has 0 spiro atoms.